The number of aliphatic imine (C=N–C) groups is 1. The number of pyridine rings is 1. The summed E-state index contributed by atoms with van der Waals surface area (Å²) >= 11 is 0. The highest BCUT2D eigenvalue weighted by Gasteiger charge is 2.33. The Bertz CT molecular complexity index is 1730. The third kappa shape index (κ3) is 3.85. The Morgan fingerprint density at radius 1 is 0.974 bits per heavy atom. The minimum absolute atomic E-state index is 0.304. The zero-order valence-electron chi connectivity index (χ0n) is 21.2. The number of anilines is 4. The van der Waals surface area contributed by atoms with Crippen molar-refractivity contribution < 1.29 is 4.74 Å². The van der Waals surface area contributed by atoms with E-state index >= 15 is 0 Å². The molecule has 3 aliphatic heterocycles. The summed E-state index contributed by atoms with van der Waals surface area (Å²) in [6.07, 6.45) is 11.4. The zero-order chi connectivity index (χ0) is 25.8. The van der Waals surface area contributed by atoms with Crippen LogP contribution in [0.4, 0.5) is 22.9 Å². The predicted octanol–water partition coefficient (Wildman–Crippen LogP) is 4.56. The lowest BCUT2D eigenvalue weighted by Crippen LogP contribution is -2.57. The lowest BCUT2D eigenvalue weighted by Gasteiger charge is -2.46. The van der Waals surface area contributed by atoms with Crippen molar-refractivity contribution in [1.82, 2.24) is 19.4 Å². The molecule has 192 valence electrons. The predicted molar refractivity (Wildman–Crippen MR) is 153 cm³/mol. The molecule has 0 spiro atoms. The Morgan fingerprint density at radius 3 is 2.87 bits per heavy atom. The highest BCUT2D eigenvalue weighted by atomic mass is 16.5. The van der Waals surface area contributed by atoms with Crippen LogP contribution in [0.1, 0.15) is 11.1 Å². The van der Waals surface area contributed by atoms with Crippen LogP contribution in [-0.2, 0) is 6.54 Å². The zero-order valence-corrected chi connectivity index (χ0v) is 21.2. The highest BCUT2D eigenvalue weighted by Crippen LogP contribution is 2.39. The topological polar surface area (TPSA) is 83.2 Å². The Hall–Kier alpha value is -4.92. The molecule has 1 unspecified atom stereocenters. The van der Waals surface area contributed by atoms with Gasteiger partial charge >= 0.3 is 0 Å². The minimum atomic E-state index is 0.304. The number of nitrogens with one attached hydrogen (secondary N) is 1. The molecule has 9 heteroatoms. The smallest absolute Gasteiger partial charge is 0.180 e. The average molecular weight is 515 g/mol. The van der Waals surface area contributed by atoms with E-state index in [-0.39, 0.29) is 0 Å². The van der Waals surface area contributed by atoms with Crippen molar-refractivity contribution >= 4 is 34.7 Å². The quantitative estimate of drug-likeness (QED) is 0.377. The van der Waals surface area contributed by atoms with E-state index < -0.39 is 0 Å². The van der Waals surface area contributed by atoms with Crippen LogP contribution in [0, 0.1) is 0 Å². The fourth-order valence-electron chi connectivity index (χ4n) is 5.80. The first kappa shape index (κ1) is 22.1. The second kappa shape index (κ2) is 8.83. The summed E-state index contributed by atoms with van der Waals surface area (Å²) in [6.45, 7) is 4.20. The molecule has 2 aromatic carbocycles. The van der Waals surface area contributed by atoms with Crippen LogP contribution in [0.15, 0.2) is 84.5 Å². The molecule has 6 heterocycles. The number of hydrogen-bond acceptors (Lipinski definition) is 8. The molecule has 1 fully saturated rings. The summed E-state index contributed by atoms with van der Waals surface area (Å²) in [5.41, 5.74) is 8.37. The van der Waals surface area contributed by atoms with E-state index in [9.17, 15) is 0 Å². The van der Waals surface area contributed by atoms with E-state index in [0.29, 0.717) is 18.5 Å². The normalized spacial score (nSPS) is 17.5. The second-order valence-electron chi connectivity index (χ2n) is 10.1. The summed E-state index contributed by atoms with van der Waals surface area (Å²) in [4.78, 5) is 23.0. The van der Waals surface area contributed by atoms with Crippen LogP contribution in [0.2, 0.25) is 0 Å². The first-order chi connectivity index (χ1) is 19.3. The molecule has 5 aromatic rings. The number of hydrogen-bond donors (Lipinski definition) is 1. The maximum Gasteiger partial charge on any atom is 0.180 e. The Balaban J connectivity index is 1.07. The average Bonchev–Trinajstić information content (AvgIpc) is 3.66. The summed E-state index contributed by atoms with van der Waals surface area (Å²) in [5, 5.41) is 3.51. The molecule has 8 rings (SSSR count). The molecule has 3 aliphatic rings. The van der Waals surface area contributed by atoms with Gasteiger partial charge in [0, 0.05) is 79.8 Å². The first-order valence-electron chi connectivity index (χ1n) is 13.2. The minimum Gasteiger partial charge on any atom is -0.489 e. The number of aromatic nitrogens is 4. The summed E-state index contributed by atoms with van der Waals surface area (Å²) in [7, 11) is 0. The van der Waals surface area contributed by atoms with Crippen molar-refractivity contribution in [2.75, 3.05) is 41.4 Å². The molecule has 3 aromatic heterocycles. The van der Waals surface area contributed by atoms with Crippen molar-refractivity contribution in [1.29, 1.82) is 0 Å². The van der Waals surface area contributed by atoms with Gasteiger partial charge in [-0.3, -0.25) is 9.98 Å². The molecule has 0 saturated carbocycles. The van der Waals surface area contributed by atoms with Gasteiger partial charge in [-0.25, -0.2) is 9.97 Å². The summed E-state index contributed by atoms with van der Waals surface area (Å²) < 4.78 is 8.30. The Kier molecular flexibility index (Phi) is 5.01. The van der Waals surface area contributed by atoms with E-state index in [1.54, 1.807) is 6.20 Å². The molecular weight excluding hydrogens is 488 g/mol. The molecule has 0 radical (unpaired) electrons. The van der Waals surface area contributed by atoms with Crippen molar-refractivity contribution in [3.05, 3.63) is 90.6 Å². The monoisotopic (exact) mass is 514 g/mol. The number of ether oxygens (including phenoxy) is 1. The van der Waals surface area contributed by atoms with E-state index in [1.807, 2.05) is 35.4 Å². The molecule has 1 atom stereocenters. The van der Waals surface area contributed by atoms with Gasteiger partial charge < -0.3 is 24.3 Å². The standard InChI is InChI=1S/C30H26N8O/c1-2-21-15-32-16-22(21)13-20(1)26-18-37-10-9-33-30(37)29(35-26)34-23-3-4-27-28(14-23)39-19-25-17-36(11-12-38(25)27)24-5-7-31-8-6-24/h1-10,13-15,18,25H,11-12,16-17,19H2,(H,34,35). The van der Waals surface area contributed by atoms with Gasteiger partial charge in [0.1, 0.15) is 12.4 Å². The maximum absolute atomic E-state index is 6.29. The van der Waals surface area contributed by atoms with E-state index in [2.05, 4.69) is 78.6 Å². The maximum atomic E-state index is 6.29. The SMILES string of the molecule is C1=NCc2cc(-c3cn4ccnc4c(Nc4ccc5c(c4)OCC4CN(c6ccncc6)CCN54)n3)ccc21. The molecule has 0 amide bonds. The molecule has 1 N–H and O–H groups in total. The van der Waals surface area contributed by atoms with Crippen molar-refractivity contribution in [2.45, 2.75) is 12.6 Å². The van der Waals surface area contributed by atoms with Crippen LogP contribution < -0.4 is 19.9 Å². The molecular formula is C30H26N8O. The Labute approximate surface area is 225 Å². The summed E-state index contributed by atoms with van der Waals surface area (Å²) in [5.74, 6) is 1.59. The van der Waals surface area contributed by atoms with Gasteiger partial charge in [0.15, 0.2) is 11.5 Å². The fourth-order valence-corrected chi connectivity index (χ4v) is 5.80. The molecule has 9 nitrogen and oxygen atoms in total. The van der Waals surface area contributed by atoms with E-state index in [1.165, 1.54) is 16.8 Å². The van der Waals surface area contributed by atoms with Crippen LogP contribution in [-0.4, -0.2) is 57.9 Å². The van der Waals surface area contributed by atoms with Crippen molar-refractivity contribution in [3.8, 4) is 17.0 Å². The van der Waals surface area contributed by atoms with Gasteiger partial charge in [-0.1, -0.05) is 12.1 Å². The number of rotatable bonds is 4. The van der Waals surface area contributed by atoms with Gasteiger partial charge in [-0.2, -0.15) is 0 Å². The third-order valence-corrected chi connectivity index (χ3v) is 7.78. The van der Waals surface area contributed by atoms with E-state index in [4.69, 9.17) is 9.72 Å². The fraction of sp³-hybridized carbons (Fsp3) is 0.200. The van der Waals surface area contributed by atoms with Crippen LogP contribution >= 0.6 is 0 Å². The molecule has 0 bridgehead atoms. The Morgan fingerprint density at radius 2 is 1.92 bits per heavy atom. The van der Waals surface area contributed by atoms with Crippen molar-refractivity contribution in [2.24, 2.45) is 4.99 Å². The lowest BCUT2D eigenvalue weighted by molar-refractivity contribution is 0.255. The van der Waals surface area contributed by atoms with Gasteiger partial charge in [0.25, 0.3) is 0 Å². The van der Waals surface area contributed by atoms with Gasteiger partial charge in [0.05, 0.1) is 24.0 Å². The second-order valence-corrected chi connectivity index (χ2v) is 10.1. The van der Waals surface area contributed by atoms with Crippen LogP contribution in [0.25, 0.3) is 16.9 Å². The van der Waals surface area contributed by atoms with E-state index in [0.717, 1.165) is 60.2 Å². The lowest BCUT2D eigenvalue weighted by atomic mass is 10.0. The molecule has 1 saturated heterocycles. The number of nitrogens with zero attached hydrogens (tertiary/aromatic N) is 7. The van der Waals surface area contributed by atoms with Crippen LogP contribution in [0.5, 0.6) is 5.75 Å². The molecule has 0 aliphatic carbocycles. The van der Waals surface area contributed by atoms with Crippen LogP contribution in [0.3, 0.4) is 0 Å². The van der Waals surface area contributed by atoms with Gasteiger partial charge in [-0.15, -0.1) is 0 Å². The summed E-state index contributed by atoms with van der Waals surface area (Å²) in [6, 6.07) is 17.2. The number of fused-ring (bicyclic) bond motifs is 5. The van der Waals surface area contributed by atoms with Crippen molar-refractivity contribution in [3.63, 3.8) is 0 Å². The highest BCUT2D eigenvalue weighted by molar-refractivity contribution is 5.86. The van der Waals surface area contributed by atoms with Gasteiger partial charge in [-0.05, 0) is 41.5 Å². The number of imidazole rings is 1. The number of piperazine rings is 1. The third-order valence-electron chi connectivity index (χ3n) is 7.78. The van der Waals surface area contributed by atoms with Gasteiger partial charge in [0.2, 0.25) is 0 Å². The largest absolute Gasteiger partial charge is 0.489 e. The number of benzene rings is 2. The first-order valence-corrected chi connectivity index (χ1v) is 13.2. The molecule has 39 heavy (non-hydrogen) atoms.